The second-order valence-corrected chi connectivity index (χ2v) is 9.53. The Kier molecular flexibility index (Phi) is 5.42. The number of hydrogen-bond acceptors (Lipinski definition) is 6. The van der Waals surface area contributed by atoms with Crippen LogP contribution in [0.25, 0.3) is 21.9 Å². The van der Waals surface area contributed by atoms with Gasteiger partial charge in [-0.2, -0.15) is 5.26 Å². The maximum absolute atomic E-state index is 13.0. The molecule has 5 heterocycles. The van der Waals surface area contributed by atoms with Gasteiger partial charge in [-0.05, 0) is 50.1 Å². The van der Waals surface area contributed by atoms with Crippen LogP contribution in [0.3, 0.4) is 0 Å². The van der Waals surface area contributed by atoms with E-state index in [0.717, 1.165) is 46.3 Å². The molecule has 0 saturated carbocycles. The Labute approximate surface area is 203 Å². The van der Waals surface area contributed by atoms with Crippen molar-refractivity contribution in [3.63, 3.8) is 0 Å². The van der Waals surface area contributed by atoms with Gasteiger partial charge in [0.15, 0.2) is 0 Å². The summed E-state index contributed by atoms with van der Waals surface area (Å²) in [6, 6.07) is 13.8. The van der Waals surface area contributed by atoms with Crippen molar-refractivity contribution in [1.29, 1.82) is 5.26 Å². The van der Waals surface area contributed by atoms with E-state index < -0.39 is 0 Å². The molecule has 0 N–H and O–H groups in total. The predicted molar refractivity (Wildman–Crippen MR) is 130 cm³/mol. The molecule has 35 heavy (non-hydrogen) atoms. The maximum Gasteiger partial charge on any atom is 0.223 e. The number of ether oxygens (including phenoxy) is 1. The Bertz CT molecular complexity index is 1460. The second-order valence-electron chi connectivity index (χ2n) is 9.53. The van der Waals surface area contributed by atoms with Crippen molar-refractivity contribution < 1.29 is 9.53 Å². The van der Waals surface area contributed by atoms with Crippen molar-refractivity contribution in [3.8, 4) is 6.07 Å². The summed E-state index contributed by atoms with van der Waals surface area (Å²) in [5.74, 6) is 1.02. The van der Waals surface area contributed by atoms with E-state index in [2.05, 4.69) is 27.5 Å². The predicted octanol–water partition coefficient (Wildman–Crippen LogP) is 4.11. The summed E-state index contributed by atoms with van der Waals surface area (Å²) in [5, 5.41) is 10.4. The molecule has 6 rings (SSSR count). The number of carbonyl (C=O) groups excluding carboxylic acids is 1. The smallest absolute Gasteiger partial charge is 0.223 e. The molecule has 8 nitrogen and oxygen atoms in total. The summed E-state index contributed by atoms with van der Waals surface area (Å²) in [6.07, 6.45) is 5.89. The molecule has 1 aromatic carbocycles. The Hall–Kier alpha value is -3.83. The molecule has 2 aliphatic rings. The van der Waals surface area contributed by atoms with Crippen molar-refractivity contribution in [1.82, 2.24) is 24.4 Å². The van der Waals surface area contributed by atoms with E-state index in [4.69, 9.17) is 9.72 Å². The molecule has 1 amide bonds. The van der Waals surface area contributed by atoms with Crippen LogP contribution in [0.5, 0.6) is 0 Å². The Morgan fingerprint density at radius 3 is 2.91 bits per heavy atom. The molecule has 0 radical (unpaired) electrons. The molecule has 176 valence electrons. The minimum atomic E-state index is -0.0223. The number of nitriles is 1. The average Bonchev–Trinajstić information content (AvgIpc) is 3.45. The van der Waals surface area contributed by atoms with Crippen LogP contribution in [0.4, 0.5) is 0 Å². The SMILES string of the molecule is C[C@@H]1CC(n2c(C3CC(=O)N(Cc4ccccn4)C3)nc3cnc4ccc(C#N)cc4c32)CCO1. The lowest BCUT2D eigenvalue weighted by Crippen LogP contribution is -2.28. The van der Waals surface area contributed by atoms with Crippen LogP contribution in [-0.4, -0.2) is 49.6 Å². The molecular formula is C27H26N6O2. The van der Waals surface area contributed by atoms with E-state index in [1.54, 1.807) is 12.3 Å². The normalized spacial score (nSPS) is 22.7. The van der Waals surface area contributed by atoms with Crippen LogP contribution in [-0.2, 0) is 16.1 Å². The standard InChI is InChI=1S/C27H26N6O2/c1-17-10-21(7-9-35-17)33-26-22-11-18(13-28)5-6-23(22)30-14-24(26)31-27(33)19-12-25(34)32(15-19)16-20-4-2-3-8-29-20/h2-6,8,11,14,17,19,21H,7,9-10,12,15-16H2,1H3/t17-,19?,21?/m1/s1. The van der Waals surface area contributed by atoms with Crippen molar-refractivity contribution in [3.05, 3.63) is 65.9 Å². The van der Waals surface area contributed by atoms with Gasteiger partial charge < -0.3 is 14.2 Å². The fourth-order valence-electron chi connectivity index (χ4n) is 5.52. The molecule has 0 bridgehead atoms. The first-order chi connectivity index (χ1) is 17.1. The van der Waals surface area contributed by atoms with Gasteiger partial charge in [0.1, 0.15) is 11.3 Å². The fraction of sp³-hybridized carbons (Fsp3) is 0.370. The van der Waals surface area contributed by atoms with E-state index >= 15 is 0 Å². The number of fused-ring (bicyclic) bond motifs is 3. The first-order valence-electron chi connectivity index (χ1n) is 12.1. The van der Waals surface area contributed by atoms with E-state index in [0.29, 0.717) is 31.7 Å². The zero-order valence-electron chi connectivity index (χ0n) is 19.6. The van der Waals surface area contributed by atoms with Gasteiger partial charge in [-0.3, -0.25) is 14.8 Å². The van der Waals surface area contributed by atoms with E-state index in [1.807, 2.05) is 41.4 Å². The third kappa shape index (κ3) is 3.92. The molecule has 2 unspecified atom stereocenters. The van der Waals surface area contributed by atoms with E-state index in [-0.39, 0.29) is 24.0 Å². The lowest BCUT2D eigenvalue weighted by molar-refractivity contribution is -0.128. The van der Waals surface area contributed by atoms with Gasteiger partial charge in [-0.15, -0.1) is 0 Å². The van der Waals surface area contributed by atoms with Crippen LogP contribution >= 0.6 is 0 Å². The summed E-state index contributed by atoms with van der Waals surface area (Å²) in [4.78, 5) is 29.0. The number of carbonyl (C=O) groups is 1. The topological polar surface area (TPSA) is 96.9 Å². The Morgan fingerprint density at radius 2 is 2.11 bits per heavy atom. The molecule has 8 heteroatoms. The number of imidazole rings is 1. The minimum Gasteiger partial charge on any atom is -0.378 e. The first-order valence-corrected chi connectivity index (χ1v) is 12.1. The van der Waals surface area contributed by atoms with Crippen molar-refractivity contribution in [2.24, 2.45) is 0 Å². The van der Waals surface area contributed by atoms with Crippen LogP contribution in [0.1, 0.15) is 55.2 Å². The lowest BCUT2D eigenvalue weighted by atomic mass is 10.0. The van der Waals surface area contributed by atoms with Crippen molar-refractivity contribution >= 4 is 27.8 Å². The molecular weight excluding hydrogens is 440 g/mol. The summed E-state index contributed by atoms with van der Waals surface area (Å²) in [7, 11) is 0. The molecule has 4 aromatic rings. The van der Waals surface area contributed by atoms with Crippen LogP contribution in [0, 0.1) is 11.3 Å². The summed E-state index contributed by atoms with van der Waals surface area (Å²) >= 11 is 0. The van der Waals surface area contributed by atoms with Crippen molar-refractivity contribution in [2.45, 2.75) is 50.8 Å². The third-order valence-corrected chi connectivity index (χ3v) is 7.15. The molecule has 0 aliphatic carbocycles. The highest BCUT2D eigenvalue weighted by Gasteiger charge is 2.36. The van der Waals surface area contributed by atoms with Gasteiger partial charge in [0, 0.05) is 43.1 Å². The van der Waals surface area contributed by atoms with Gasteiger partial charge >= 0.3 is 0 Å². The number of pyridine rings is 2. The van der Waals surface area contributed by atoms with Gasteiger partial charge in [-0.25, -0.2) is 4.98 Å². The highest BCUT2D eigenvalue weighted by Crippen LogP contribution is 2.38. The summed E-state index contributed by atoms with van der Waals surface area (Å²) < 4.78 is 8.18. The van der Waals surface area contributed by atoms with Crippen LogP contribution < -0.4 is 0 Å². The lowest BCUT2D eigenvalue weighted by Gasteiger charge is -2.31. The zero-order chi connectivity index (χ0) is 23.9. The first kappa shape index (κ1) is 21.7. The summed E-state index contributed by atoms with van der Waals surface area (Å²) in [5.41, 5.74) is 4.12. The van der Waals surface area contributed by atoms with Crippen molar-refractivity contribution in [2.75, 3.05) is 13.2 Å². The Balaban J connectivity index is 1.46. The highest BCUT2D eigenvalue weighted by molar-refractivity contribution is 6.03. The van der Waals surface area contributed by atoms with E-state index in [1.165, 1.54) is 0 Å². The van der Waals surface area contributed by atoms with Gasteiger partial charge in [0.05, 0.1) is 47.2 Å². The van der Waals surface area contributed by atoms with E-state index in [9.17, 15) is 10.1 Å². The van der Waals surface area contributed by atoms with Crippen LogP contribution in [0.15, 0.2) is 48.8 Å². The molecule has 3 aromatic heterocycles. The van der Waals surface area contributed by atoms with Gasteiger partial charge in [0.25, 0.3) is 0 Å². The van der Waals surface area contributed by atoms with Crippen LogP contribution in [0.2, 0.25) is 0 Å². The number of likely N-dealkylation sites (tertiary alicyclic amines) is 1. The number of hydrogen-bond donors (Lipinski definition) is 0. The fourth-order valence-corrected chi connectivity index (χ4v) is 5.52. The number of benzene rings is 1. The molecule has 2 aliphatic heterocycles. The molecule has 3 atom stereocenters. The van der Waals surface area contributed by atoms with Gasteiger partial charge in [0.2, 0.25) is 5.91 Å². The third-order valence-electron chi connectivity index (χ3n) is 7.15. The minimum absolute atomic E-state index is 0.0223. The molecule has 2 fully saturated rings. The monoisotopic (exact) mass is 466 g/mol. The second kappa shape index (κ2) is 8.75. The highest BCUT2D eigenvalue weighted by atomic mass is 16.5. The Morgan fingerprint density at radius 1 is 1.20 bits per heavy atom. The number of nitrogens with zero attached hydrogens (tertiary/aromatic N) is 6. The molecule has 2 saturated heterocycles. The average molecular weight is 467 g/mol. The zero-order valence-corrected chi connectivity index (χ0v) is 19.6. The maximum atomic E-state index is 13.0. The number of amides is 1. The van der Waals surface area contributed by atoms with Gasteiger partial charge in [-0.1, -0.05) is 6.07 Å². The quantitative estimate of drug-likeness (QED) is 0.449. The number of rotatable bonds is 4. The number of aromatic nitrogens is 4. The largest absolute Gasteiger partial charge is 0.378 e. The molecule has 0 spiro atoms. The summed E-state index contributed by atoms with van der Waals surface area (Å²) in [6.45, 7) is 3.89.